The molecule has 25 heavy (non-hydrogen) atoms. The fourth-order valence-electron chi connectivity index (χ4n) is 3.95. The molecule has 0 aliphatic carbocycles. The van der Waals surface area contributed by atoms with Crippen LogP contribution in [0.25, 0.3) is 11.0 Å². The Morgan fingerprint density at radius 3 is 2.88 bits per heavy atom. The highest BCUT2D eigenvalue weighted by Gasteiger charge is 2.33. The van der Waals surface area contributed by atoms with Crippen LogP contribution in [-0.4, -0.2) is 32.3 Å². The molecule has 3 heterocycles. The molecule has 3 aromatic rings. The zero-order valence-corrected chi connectivity index (χ0v) is 14.8. The first-order valence-corrected chi connectivity index (χ1v) is 8.69. The Labute approximate surface area is 146 Å². The number of fused-ring (bicyclic) bond motifs is 1. The molecular formula is C19H22N4O2. The quantitative estimate of drug-likeness (QED) is 0.736. The molecule has 6 heteroatoms. The van der Waals surface area contributed by atoms with Gasteiger partial charge in [-0.15, -0.1) is 0 Å². The van der Waals surface area contributed by atoms with Crippen LogP contribution < -0.4 is 0 Å². The lowest BCUT2D eigenvalue weighted by Gasteiger charge is -2.25. The van der Waals surface area contributed by atoms with E-state index in [0.717, 1.165) is 41.7 Å². The second kappa shape index (κ2) is 6.02. The smallest absolute Gasteiger partial charge is 0.229 e. The normalized spacial score (nSPS) is 17.6. The zero-order valence-electron chi connectivity index (χ0n) is 14.8. The van der Waals surface area contributed by atoms with Crippen molar-refractivity contribution in [3.8, 4) is 0 Å². The van der Waals surface area contributed by atoms with Crippen LogP contribution in [0.1, 0.15) is 41.5 Å². The van der Waals surface area contributed by atoms with E-state index >= 15 is 0 Å². The molecule has 1 aliphatic rings. The molecular weight excluding hydrogens is 316 g/mol. The van der Waals surface area contributed by atoms with E-state index in [9.17, 15) is 4.79 Å². The molecule has 0 radical (unpaired) electrons. The molecule has 0 saturated carbocycles. The van der Waals surface area contributed by atoms with Crippen molar-refractivity contribution in [3.63, 3.8) is 0 Å². The fourth-order valence-corrected chi connectivity index (χ4v) is 3.95. The molecule has 0 bridgehead atoms. The lowest BCUT2D eigenvalue weighted by Crippen LogP contribution is -2.32. The van der Waals surface area contributed by atoms with Crippen molar-refractivity contribution in [3.05, 3.63) is 46.9 Å². The lowest BCUT2D eigenvalue weighted by molar-refractivity contribution is -0.131. The maximum atomic E-state index is 13.0. The second-order valence-electron chi connectivity index (χ2n) is 6.76. The molecule has 6 nitrogen and oxygen atoms in total. The summed E-state index contributed by atoms with van der Waals surface area (Å²) >= 11 is 0. The number of amides is 1. The number of rotatable bonds is 3. The summed E-state index contributed by atoms with van der Waals surface area (Å²) in [7, 11) is 1.95. The standard InChI is InChI=1S/C19H22N4O2/c1-12-19(13(2)22(3)20-12)16-8-6-10-23(16)18(24)11-15-14-7-4-5-9-17(14)25-21-15/h4-5,7,9,16H,6,8,10-11H2,1-3H3/t16-/m0/s1. The summed E-state index contributed by atoms with van der Waals surface area (Å²) in [5, 5.41) is 9.54. The minimum atomic E-state index is 0.101. The molecule has 1 aliphatic heterocycles. The van der Waals surface area contributed by atoms with Gasteiger partial charge in [0.2, 0.25) is 5.91 Å². The molecule has 4 rings (SSSR count). The summed E-state index contributed by atoms with van der Waals surface area (Å²) in [5.41, 5.74) is 4.78. The first-order chi connectivity index (χ1) is 12.1. The van der Waals surface area contributed by atoms with E-state index in [1.165, 1.54) is 5.56 Å². The Bertz CT molecular complexity index is 940. The van der Waals surface area contributed by atoms with E-state index in [1.807, 2.05) is 47.8 Å². The summed E-state index contributed by atoms with van der Waals surface area (Å²) in [6, 6.07) is 7.78. The predicted octanol–water partition coefficient (Wildman–Crippen LogP) is 3.08. The summed E-state index contributed by atoms with van der Waals surface area (Å²) in [6.07, 6.45) is 2.27. The number of carbonyl (C=O) groups is 1. The number of aryl methyl sites for hydroxylation is 2. The van der Waals surface area contributed by atoms with Gasteiger partial charge in [0.1, 0.15) is 5.69 Å². The van der Waals surface area contributed by atoms with E-state index in [-0.39, 0.29) is 18.4 Å². The summed E-state index contributed by atoms with van der Waals surface area (Å²) in [5.74, 6) is 0.101. The van der Waals surface area contributed by atoms with Crippen molar-refractivity contribution in [2.45, 2.75) is 39.2 Å². The molecule has 0 spiro atoms. The van der Waals surface area contributed by atoms with Crippen molar-refractivity contribution >= 4 is 16.9 Å². The van der Waals surface area contributed by atoms with Crippen molar-refractivity contribution < 1.29 is 9.32 Å². The van der Waals surface area contributed by atoms with E-state index in [0.29, 0.717) is 5.69 Å². The van der Waals surface area contributed by atoms with E-state index in [2.05, 4.69) is 17.2 Å². The largest absolute Gasteiger partial charge is 0.356 e. The number of hydrogen-bond donors (Lipinski definition) is 0. The van der Waals surface area contributed by atoms with E-state index in [4.69, 9.17) is 4.52 Å². The summed E-state index contributed by atoms with van der Waals surface area (Å²) < 4.78 is 7.23. The van der Waals surface area contributed by atoms with Crippen LogP contribution in [0.4, 0.5) is 0 Å². The number of carbonyl (C=O) groups excluding carboxylic acids is 1. The van der Waals surface area contributed by atoms with Crippen molar-refractivity contribution in [2.75, 3.05) is 6.54 Å². The van der Waals surface area contributed by atoms with Gasteiger partial charge in [0.25, 0.3) is 0 Å². The highest BCUT2D eigenvalue weighted by molar-refractivity contribution is 5.86. The van der Waals surface area contributed by atoms with Gasteiger partial charge in [0.05, 0.1) is 18.2 Å². The molecule has 2 aromatic heterocycles. The van der Waals surface area contributed by atoms with Gasteiger partial charge in [0, 0.05) is 30.2 Å². The van der Waals surface area contributed by atoms with Crippen molar-refractivity contribution in [1.29, 1.82) is 0 Å². The van der Waals surface area contributed by atoms with Crippen molar-refractivity contribution in [1.82, 2.24) is 19.8 Å². The monoisotopic (exact) mass is 338 g/mol. The average Bonchev–Trinajstić information content (AvgIpc) is 3.27. The van der Waals surface area contributed by atoms with Gasteiger partial charge in [-0.05, 0) is 38.8 Å². The maximum absolute atomic E-state index is 13.0. The Morgan fingerprint density at radius 1 is 1.32 bits per heavy atom. The van der Waals surface area contributed by atoms with Crippen LogP contribution in [0.2, 0.25) is 0 Å². The predicted molar refractivity (Wildman–Crippen MR) is 94.1 cm³/mol. The minimum absolute atomic E-state index is 0.101. The molecule has 130 valence electrons. The van der Waals surface area contributed by atoms with Crippen LogP contribution in [-0.2, 0) is 18.3 Å². The van der Waals surface area contributed by atoms with Gasteiger partial charge < -0.3 is 9.42 Å². The van der Waals surface area contributed by atoms with Crippen LogP contribution >= 0.6 is 0 Å². The fraction of sp³-hybridized carbons (Fsp3) is 0.421. The average molecular weight is 338 g/mol. The third-order valence-electron chi connectivity index (χ3n) is 5.24. The van der Waals surface area contributed by atoms with Crippen molar-refractivity contribution in [2.24, 2.45) is 7.05 Å². The molecule has 0 N–H and O–H groups in total. The Kier molecular flexibility index (Phi) is 3.82. The van der Waals surface area contributed by atoms with E-state index in [1.54, 1.807) is 0 Å². The maximum Gasteiger partial charge on any atom is 0.229 e. The van der Waals surface area contributed by atoms with Gasteiger partial charge in [-0.25, -0.2) is 0 Å². The molecule has 0 unspecified atom stereocenters. The SMILES string of the molecule is Cc1nn(C)c(C)c1[C@@H]1CCCN1C(=O)Cc1noc2ccccc12. The summed E-state index contributed by atoms with van der Waals surface area (Å²) in [6.45, 7) is 4.88. The van der Waals surface area contributed by atoms with Crippen LogP contribution in [0.3, 0.4) is 0 Å². The minimum Gasteiger partial charge on any atom is -0.356 e. The zero-order chi connectivity index (χ0) is 17.6. The third-order valence-corrected chi connectivity index (χ3v) is 5.24. The highest BCUT2D eigenvalue weighted by Crippen LogP contribution is 2.36. The first kappa shape index (κ1) is 15.9. The second-order valence-corrected chi connectivity index (χ2v) is 6.76. The molecule has 1 amide bonds. The Hall–Kier alpha value is -2.63. The van der Waals surface area contributed by atoms with Gasteiger partial charge >= 0.3 is 0 Å². The molecule has 1 aromatic carbocycles. The van der Waals surface area contributed by atoms with Gasteiger partial charge in [-0.1, -0.05) is 17.3 Å². The number of likely N-dealkylation sites (tertiary alicyclic amines) is 1. The van der Waals surface area contributed by atoms with Crippen LogP contribution in [0, 0.1) is 13.8 Å². The summed E-state index contributed by atoms with van der Waals surface area (Å²) in [4.78, 5) is 15.0. The Balaban J connectivity index is 1.61. The number of benzene rings is 1. The van der Waals surface area contributed by atoms with E-state index < -0.39 is 0 Å². The number of nitrogens with zero attached hydrogens (tertiary/aromatic N) is 4. The molecule has 1 saturated heterocycles. The van der Waals surface area contributed by atoms with Gasteiger partial charge in [-0.3, -0.25) is 9.48 Å². The molecule has 1 atom stereocenters. The Morgan fingerprint density at radius 2 is 2.12 bits per heavy atom. The topological polar surface area (TPSA) is 64.2 Å². The number of hydrogen-bond acceptors (Lipinski definition) is 4. The third kappa shape index (κ3) is 2.62. The van der Waals surface area contributed by atoms with Gasteiger partial charge in [-0.2, -0.15) is 5.10 Å². The highest BCUT2D eigenvalue weighted by atomic mass is 16.5. The van der Waals surface area contributed by atoms with Crippen LogP contribution in [0.5, 0.6) is 0 Å². The first-order valence-electron chi connectivity index (χ1n) is 8.69. The van der Waals surface area contributed by atoms with Gasteiger partial charge in [0.15, 0.2) is 5.58 Å². The van der Waals surface area contributed by atoms with Crippen LogP contribution in [0.15, 0.2) is 28.8 Å². The lowest BCUT2D eigenvalue weighted by atomic mass is 10.0. The number of para-hydroxylation sites is 1. The number of aromatic nitrogens is 3. The molecule has 1 fully saturated rings.